The van der Waals surface area contributed by atoms with Crippen molar-refractivity contribution in [2.75, 3.05) is 0 Å². The number of imidazole rings is 1. The van der Waals surface area contributed by atoms with Crippen LogP contribution < -0.4 is 4.57 Å². The number of aryl methyl sites for hydroxylation is 4. The van der Waals surface area contributed by atoms with Crippen LogP contribution >= 0.6 is 22.9 Å². The first-order valence-electron chi connectivity index (χ1n) is 6.18. The molecule has 3 aromatic rings. The number of hydrogen-bond donors (Lipinski definition) is 0. The van der Waals surface area contributed by atoms with Crippen LogP contribution in [0.5, 0.6) is 0 Å². The van der Waals surface area contributed by atoms with Gasteiger partial charge < -0.3 is 0 Å². The van der Waals surface area contributed by atoms with Crippen LogP contribution in [-0.4, -0.2) is 9.55 Å². The fraction of sp³-hybridized carbons (Fsp3) is 0.286. The standard InChI is InChI=1S/C14H15ClN3S/c1-10-16-13-7-11(12(15)8-14(13)19-10)3-4-18-6-5-17(2)9-18/h5-9H,3-4H2,1-2H3/q+1. The van der Waals surface area contributed by atoms with Gasteiger partial charge in [-0.1, -0.05) is 11.6 Å². The van der Waals surface area contributed by atoms with Gasteiger partial charge in [0.25, 0.3) is 0 Å². The molecule has 0 radical (unpaired) electrons. The first-order chi connectivity index (χ1) is 9.11. The number of rotatable bonds is 3. The predicted molar refractivity (Wildman–Crippen MR) is 78.7 cm³/mol. The van der Waals surface area contributed by atoms with Gasteiger partial charge in [0.1, 0.15) is 12.4 Å². The lowest BCUT2D eigenvalue weighted by Crippen LogP contribution is -2.23. The van der Waals surface area contributed by atoms with Gasteiger partial charge in [0, 0.05) is 11.4 Å². The van der Waals surface area contributed by atoms with Crippen molar-refractivity contribution in [3.05, 3.63) is 46.4 Å². The van der Waals surface area contributed by atoms with E-state index in [2.05, 4.69) is 28.1 Å². The van der Waals surface area contributed by atoms with Gasteiger partial charge in [-0.05, 0) is 24.6 Å². The highest BCUT2D eigenvalue weighted by Crippen LogP contribution is 2.28. The van der Waals surface area contributed by atoms with Crippen molar-refractivity contribution >= 4 is 33.2 Å². The Bertz CT molecular complexity index is 729. The maximum atomic E-state index is 6.35. The van der Waals surface area contributed by atoms with Crippen molar-refractivity contribution in [1.29, 1.82) is 0 Å². The van der Waals surface area contributed by atoms with Gasteiger partial charge in [0.05, 0.1) is 28.8 Å². The Morgan fingerprint density at radius 3 is 3.00 bits per heavy atom. The molecule has 0 bridgehead atoms. The van der Waals surface area contributed by atoms with Crippen molar-refractivity contribution < 1.29 is 4.57 Å². The van der Waals surface area contributed by atoms with Gasteiger partial charge >= 0.3 is 0 Å². The highest BCUT2D eigenvalue weighted by Gasteiger charge is 2.08. The molecule has 0 aliphatic carbocycles. The van der Waals surface area contributed by atoms with Crippen molar-refractivity contribution in [2.24, 2.45) is 7.05 Å². The summed E-state index contributed by atoms with van der Waals surface area (Å²) in [4.78, 5) is 4.52. The molecular weight excluding hydrogens is 278 g/mol. The lowest BCUT2D eigenvalue weighted by atomic mass is 10.1. The quantitative estimate of drug-likeness (QED) is 0.680. The maximum absolute atomic E-state index is 6.35. The molecule has 0 amide bonds. The van der Waals surface area contributed by atoms with E-state index in [1.54, 1.807) is 11.3 Å². The average molecular weight is 293 g/mol. The first-order valence-corrected chi connectivity index (χ1v) is 7.38. The van der Waals surface area contributed by atoms with Crippen LogP contribution in [0.2, 0.25) is 5.02 Å². The number of halogens is 1. The Morgan fingerprint density at radius 1 is 1.42 bits per heavy atom. The zero-order chi connectivity index (χ0) is 13.4. The van der Waals surface area contributed by atoms with Crippen molar-refractivity contribution in [2.45, 2.75) is 19.9 Å². The largest absolute Gasteiger partial charge is 0.243 e. The summed E-state index contributed by atoms with van der Waals surface area (Å²) in [6.45, 7) is 2.95. The molecule has 3 nitrogen and oxygen atoms in total. The molecule has 0 N–H and O–H groups in total. The van der Waals surface area contributed by atoms with Crippen LogP contribution in [0.1, 0.15) is 10.6 Å². The van der Waals surface area contributed by atoms with E-state index in [4.69, 9.17) is 11.6 Å². The third kappa shape index (κ3) is 2.65. The molecule has 1 aromatic carbocycles. The summed E-state index contributed by atoms with van der Waals surface area (Å²) in [5.41, 5.74) is 2.22. The number of benzene rings is 1. The van der Waals surface area contributed by atoms with E-state index in [9.17, 15) is 0 Å². The molecule has 2 heterocycles. The number of hydrogen-bond acceptors (Lipinski definition) is 2. The lowest BCUT2D eigenvalue weighted by molar-refractivity contribution is -0.671. The minimum Gasteiger partial charge on any atom is -0.242 e. The second-order valence-electron chi connectivity index (χ2n) is 4.71. The summed E-state index contributed by atoms with van der Waals surface area (Å²) >= 11 is 8.04. The van der Waals surface area contributed by atoms with Gasteiger partial charge in [0.2, 0.25) is 6.33 Å². The van der Waals surface area contributed by atoms with Crippen LogP contribution in [0, 0.1) is 6.92 Å². The smallest absolute Gasteiger partial charge is 0.242 e. The van der Waals surface area contributed by atoms with Crippen molar-refractivity contribution in [1.82, 2.24) is 9.55 Å². The van der Waals surface area contributed by atoms with Crippen LogP contribution in [0.3, 0.4) is 0 Å². The summed E-state index contributed by atoms with van der Waals surface area (Å²) in [5, 5.41) is 1.92. The van der Waals surface area contributed by atoms with E-state index in [-0.39, 0.29) is 0 Å². The molecule has 3 rings (SSSR count). The van der Waals surface area contributed by atoms with Crippen LogP contribution in [0.25, 0.3) is 10.2 Å². The van der Waals surface area contributed by atoms with E-state index in [0.29, 0.717) is 0 Å². The lowest BCUT2D eigenvalue weighted by Gasteiger charge is -2.02. The predicted octanol–water partition coefficient (Wildman–Crippen LogP) is 3.13. The Hall–Kier alpha value is -1.39. The number of aromatic nitrogens is 3. The van der Waals surface area contributed by atoms with Gasteiger partial charge in [0.15, 0.2) is 0 Å². The molecule has 0 saturated heterocycles. The molecule has 98 valence electrons. The fourth-order valence-electron chi connectivity index (χ4n) is 2.18. The third-order valence-electron chi connectivity index (χ3n) is 3.13. The normalized spacial score (nSPS) is 11.3. The zero-order valence-electron chi connectivity index (χ0n) is 10.9. The minimum absolute atomic E-state index is 0.840. The van der Waals surface area contributed by atoms with E-state index in [1.165, 1.54) is 4.70 Å². The third-order valence-corrected chi connectivity index (χ3v) is 4.41. The highest BCUT2D eigenvalue weighted by molar-refractivity contribution is 7.18. The zero-order valence-corrected chi connectivity index (χ0v) is 12.5. The molecule has 0 unspecified atom stereocenters. The molecule has 0 aliphatic heterocycles. The summed E-state index contributed by atoms with van der Waals surface area (Å²) in [6, 6.07) is 4.15. The van der Waals surface area contributed by atoms with Gasteiger partial charge in [-0.2, -0.15) is 0 Å². The van der Waals surface area contributed by atoms with E-state index in [0.717, 1.165) is 34.1 Å². The van der Waals surface area contributed by atoms with Crippen molar-refractivity contribution in [3.8, 4) is 0 Å². The minimum atomic E-state index is 0.840. The Kier molecular flexibility index (Phi) is 3.29. The molecular formula is C14H15ClN3S+. The van der Waals surface area contributed by atoms with Crippen molar-refractivity contribution in [3.63, 3.8) is 0 Å². The number of thiazole rings is 1. The maximum Gasteiger partial charge on any atom is 0.243 e. The second kappa shape index (κ2) is 4.94. The summed E-state index contributed by atoms with van der Waals surface area (Å²) in [6.07, 6.45) is 7.09. The molecule has 19 heavy (non-hydrogen) atoms. The molecule has 5 heteroatoms. The fourth-order valence-corrected chi connectivity index (χ4v) is 3.35. The van der Waals surface area contributed by atoms with Gasteiger partial charge in [-0.15, -0.1) is 11.3 Å². The average Bonchev–Trinajstić information content (AvgIpc) is 2.91. The van der Waals surface area contributed by atoms with Gasteiger partial charge in [-0.3, -0.25) is 0 Å². The number of fused-ring (bicyclic) bond motifs is 1. The van der Waals surface area contributed by atoms with Gasteiger partial charge in [-0.25, -0.2) is 14.1 Å². The van der Waals surface area contributed by atoms with Crippen LogP contribution in [-0.2, 0) is 20.0 Å². The van der Waals surface area contributed by atoms with E-state index < -0.39 is 0 Å². The van der Waals surface area contributed by atoms with Crippen LogP contribution in [0.4, 0.5) is 0 Å². The molecule has 0 saturated carbocycles. The SMILES string of the molecule is Cc1nc2cc(CCn3cc[n+](C)c3)c(Cl)cc2s1. The van der Waals surface area contributed by atoms with E-state index in [1.807, 2.05) is 30.8 Å². The highest BCUT2D eigenvalue weighted by atomic mass is 35.5. The second-order valence-corrected chi connectivity index (χ2v) is 6.35. The Labute approximate surface area is 121 Å². The van der Waals surface area contributed by atoms with E-state index >= 15 is 0 Å². The molecule has 0 fully saturated rings. The van der Waals surface area contributed by atoms with Crippen LogP contribution in [0.15, 0.2) is 30.9 Å². The molecule has 0 atom stereocenters. The number of nitrogens with zero attached hydrogens (tertiary/aromatic N) is 3. The monoisotopic (exact) mass is 292 g/mol. The summed E-state index contributed by atoms with van der Waals surface area (Å²) < 4.78 is 5.36. The Balaban J connectivity index is 1.85. The molecule has 0 spiro atoms. The Morgan fingerprint density at radius 2 is 2.26 bits per heavy atom. The molecule has 0 aliphatic rings. The molecule has 2 aromatic heterocycles. The summed E-state index contributed by atoms with van der Waals surface area (Å²) in [5.74, 6) is 0. The topological polar surface area (TPSA) is 21.7 Å². The summed E-state index contributed by atoms with van der Waals surface area (Å²) in [7, 11) is 2.02. The first kappa shape index (κ1) is 12.6.